The highest BCUT2D eigenvalue weighted by Gasteiger charge is 2.15. The molecular weight excluding hydrogens is 356 g/mol. The number of rotatable bonds is 7. The summed E-state index contributed by atoms with van der Waals surface area (Å²) in [6.07, 6.45) is 0. The minimum absolute atomic E-state index is 0.281. The number of nitrogens with zero attached hydrogens (tertiary/aromatic N) is 3. The maximum absolute atomic E-state index is 6.25. The molecule has 3 rings (SSSR count). The monoisotopic (exact) mass is 380 g/mol. The van der Waals surface area contributed by atoms with E-state index < -0.39 is 0 Å². The number of nitrogens with one attached hydrogen (secondary N) is 1. The summed E-state index contributed by atoms with van der Waals surface area (Å²) >= 11 is 6.25. The lowest BCUT2D eigenvalue weighted by atomic mass is 10.2. The molecule has 0 saturated heterocycles. The molecule has 0 unspecified atom stereocenters. The zero-order valence-electron chi connectivity index (χ0n) is 16.0. The SMILES string of the molecule is Cc1cc(NCc2ccccc2Cl)nc(N(Cc2ccccc2)C(C)C)n1. The molecule has 1 N–H and O–H groups in total. The summed E-state index contributed by atoms with van der Waals surface area (Å²) in [7, 11) is 0. The molecule has 1 aromatic heterocycles. The third kappa shape index (κ3) is 5.20. The van der Waals surface area contributed by atoms with E-state index in [1.165, 1.54) is 5.56 Å². The molecule has 0 atom stereocenters. The van der Waals surface area contributed by atoms with Crippen LogP contribution in [-0.4, -0.2) is 16.0 Å². The largest absolute Gasteiger partial charge is 0.366 e. The fraction of sp³-hybridized carbons (Fsp3) is 0.273. The maximum Gasteiger partial charge on any atom is 0.228 e. The molecule has 0 aliphatic carbocycles. The topological polar surface area (TPSA) is 41.1 Å². The van der Waals surface area contributed by atoms with Crippen molar-refractivity contribution in [3.63, 3.8) is 0 Å². The van der Waals surface area contributed by atoms with Crippen LogP contribution < -0.4 is 10.2 Å². The van der Waals surface area contributed by atoms with Gasteiger partial charge in [0.2, 0.25) is 5.95 Å². The first-order chi connectivity index (χ1) is 13.0. The minimum atomic E-state index is 0.281. The molecule has 2 aromatic carbocycles. The number of hydrogen-bond acceptors (Lipinski definition) is 4. The summed E-state index contributed by atoms with van der Waals surface area (Å²) in [4.78, 5) is 11.6. The van der Waals surface area contributed by atoms with Crippen molar-refractivity contribution in [1.82, 2.24) is 9.97 Å². The van der Waals surface area contributed by atoms with Crippen molar-refractivity contribution in [2.45, 2.75) is 39.9 Å². The smallest absolute Gasteiger partial charge is 0.228 e. The van der Waals surface area contributed by atoms with Crippen molar-refractivity contribution in [2.75, 3.05) is 10.2 Å². The van der Waals surface area contributed by atoms with Gasteiger partial charge in [0, 0.05) is 35.9 Å². The molecule has 5 heteroatoms. The van der Waals surface area contributed by atoms with Gasteiger partial charge >= 0.3 is 0 Å². The second-order valence-electron chi connectivity index (χ2n) is 6.85. The Morgan fingerprint density at radius 3 is 2.41 bits per heavy atom. The van der Waals surface area contributed by atoms with Gasteiger partial charge in [0.25, 0.3) is 0 Å². The average molecular weight is 381 g/mol. The van der Waals surface area contributed by atoms with E-state index >= 15 is 0 Å². The summed E-state index contributed by atoms with van der Waals surface area (Å²) in [6.45, 7) is 7.70. The van der Waals surface area contributed by atoms with Gasteiger partial charge in [0.15, 0.2) is 0 Å². The van der Waals surface area contributed by atoms with Crippen molar-refractivity contribution in [1.29, 1.82) is 0 Å². The van der Waals surface area contributed by atoms with Gasteiger partial charge in [0.05, 0.1) is 0 Å². The van der Waals surface area contributed by atoms with E-state index in [0.29, 0.717) is 6.54 Å². The Morgan fingerprint density at radius 1 is 1.00 bits per heavy atom. The molecule has 0 fully saturated rings. The maximum atomic E-state index is 6.25. The first-order valence-electron chi connectivity index (χ1n) is 9.16. The summed E-state index contributed by atoms with van der Waals surface area (Å²) in [5.41, 5.74) is 3.21. The highest BCUT2D eigenvalue weighted by molar-refractivity contribution is 6.31. The third-order valence-corrected chi connectivity index (χ3v) is 4.70. The molecule has 1 heterocycles. The molecule has 0 saturated carbocycles. The lowest BCUT2D eigenvalue weighted by Gasteiger charge is -2.27. The fourth-order valence-corrected chi connectivity index (χ4v) is 3.07. The van der Waals surface area contributed by atoms with Crippen LogP contribution in [0.5, 0.6) is 0 Å². The van der Waals surface area contributed by atoms with Gasteiger partial charge in [-0.15, -0.1) is 0 Å². The van der Waals surface area contributed by atoms with E-state index in [2.05, 4.69) is 53.3 Å². The predicted molar refractivity (Wildman–Crippen MR) is 113 cm³/mol. The van der Waals surface area contributed by atoms with Crippen LogP contribution >= 0.6 is 11.6 Å². The van der Waals surface area contributed by atoms with Crippen molar-refractivity contribution in [3.8, 4) is 0 Å². The van der Waals surface area contributed by atoms with Crippen molar-refractivity contribution >= 4 is 23.4 Å². The lowest BCUT2D eigenvalue weighted by molar-refractivity contribution is 0.659. The first kappa shape index (κ1) is 19.2. The Morgan fingerprint density at radius 2 is 1.70 bits per heavy atom. The quantitative estimate of drug-likeness (QED) is 0.590. The van der Waals surface area contributed by atoms with Crippen LogP contribution in [0.3, 0.4) is 0 Å². The van der Waals surface area contributed by atoms with Gasteiger partial charge in [-0.1, -0.05) is 60.1 Å². The van der Waals surface area contributed by atoms with Crippen LogP contribution in [0.25, 0.3) is 0 Å². The first-order valence-corrected chi connectivity index (χ1v) is 9.54. The highest BCUT2D eigenvalue weighted by atomic mass is 35.5. The summed E-state index contributed by atoms with van der Waals surface area (Å²) in [5.74, 6) is 1.53. The molecule has 0 aliphatic rings. The molecule has 3 aromatic rings. The third-order valence-electron chi connectivity index (χ3n) is 4.34. The second-order valence-corrected chi connectivity index (χ2v) is 7.25. The summed E-state index contributed by atoms with van der Waals surface area (Å²) in [5, 5.41) is 4.13. The number of hydrogen-bond donors (Lipinski definition) is 1. The number of anilines is 2. The van der Waals surface area contributed by atoms with Crippen LogP contribution in [0.4, 0.5) is 11.8 Å². The van der Waals surface area contributed by atoms with E-state index in [4.69, 9.17) is 16.6 Å². The summed E-state index contributed by atoms with van der Waals surface area (Å²) in [6, 6.07) is 20.5. The molecule has 4 nitrogen and oxygen atoms in total. The van der Waals surface area contributed by atoms with Crippen LogP contribution in [0, 0.1) is 6.92 Å². The number of halogens is 1. The van der Waals surface area contributed by atoms with Crippen LogP contribution in [0.2, 0.25) is 5.02 Å². The Labute approximate surface area is 166 Å². The van der Waals surface area contributed by atoms with Crippen LogP contribution in [0.1, 0.15) is 30.7 Å². The molecule has 0 radical (unpaired) electrons. The fourth-order valence-electron chi connectivity index (χ4n) is 2.86. The lowest BCUT2D eigenvalue weighted by Crippen LogP contribution is -2.32. The molecule has 0 bridgehead atoms. The van der Waals surface area contributed by atoms with Gasteiger partial charge in [-0.2, -0.15) is 4.98 Å². The molecule has 140 valence electrons. The van der Waals surface area contributed by atoms with Gasteiger partial charge in [-0.05, 0) is 38.0 Å². The number of benzene rings is 2. The molecule has 0 amide bonds. The van der Waals surface area contributed by atoms with Crippen LogP contribution in [0.15, 0.2) is 60.7 Å². The minimum Gasteiger partial charge on any atom is -0.366 e. The molecular formula is C22H25ClN4. The normalized spacial score (nSPS) is 10.9. The van der Waals surface area contributed by atoms with Crippen LogP contribution in [-0.2, 0) is 13.1 Å². The van der Waals surface area contributed by atoms with Gasteiger partial charge in [-0.25, -0.2) is 4.98 Å². The van der Waals surface area contributed by atoms with Crippen molar-refractivity contribution < 1.29 is 0 Å². The second kappa shape index (κ2) is 8.87. The highest BCUT2D eigenvalue weighted by Crippen LogP contribution is 2.21. The Hall–Kier alpha value is -2.59. The van der Waals surface area contributed by atoms with E-state index in [9.17, 15) is 0 Å². The van der Waals surface area contributed by atoms with E-state index in [0.717, 1.165) is 34.6 Å². The Balaban J connectivity index is 1.81. The molecule has 0 aliphatic heterocycles. The predicted octanol–water partition coefficient (Wildman–Crippen LogP) is 5.47. The van der Waals surface area contributed by atoms with Crippen molar-refractivity contribution in [3.05, 3.63) is 82.5 Å². The zero-order chi connectivity index (χ0) is 19.2. The Bertz CT molecular complexity index is 880. The van der Waals surface area contributed by atoms with Gasteiger partial charge in [0.1, 0.15) is 5.82 Å². The zero-order valence-corrected chi connectivity index (χ0v) is 16.7. The van der Waals surface area contributed by atoms with E-state index in [1.807, 2.05) is 43.3 Å². The number of aryl methyl sites for hydroxylation is 1. The number of aromatic nitrogens is 2. The van der Waals surface area contributed by atoms with E-state index in [1.54, 1.807) is 0 Å². The molecule has 0 spiro atoms. The van der Waals surface area contributed by atoms with Crippen molar-refractivity contribution in [2.24, 2.45) is 0 Å². The van der Waals surface area contributed by atoms with Gasteiger partial charge < -0.3 is 10.2 Å². The Kier molecular flexibility index (Phi) is 6.30. The molecule has 27 heavy (non-hydrogen) atoms. The van der Waals surface area contributed by atoms with Gasteiger partial charge in [-0.3, -0.25) is 0 Å². The standard InChI is InChI=1S/C22H25ClN4/c1-16(2)27(15-18-9-5-4-6-10-18)22-25-17(3)13-21(26-22)24-14-19-11-7-8-12-20(19)23/h4-13,16H,14-15H2,1-3H3,(H,24,25,26). The van der Waals surface area contributed by atoms with E-state index in [-0.39, 0.29) is 6.04 Å². The average Bonchev–Trinajstić information content (AvgIpc) is 2.65. The summed E-state index contributed by atoms with van der Waals surface area (Å²) < 4.78 is 0.